The van der Waals surface area contributed by atoms with E-state index in [0.717, 1.165) is 4.90 Å². The molecule has 4 rings (SSSR count). The van der Waals surface area contributed by atoms with E-state index in [9.17, 15) is 34.1 Å². The number of fused-ring (bicyclic) bond motifs is 1. The molecule has 0 spiro atoms. The van der Waals surface area contributed by atoms with E-state index in [1.807, 2.05) is 0 Å². The standard InChI is InChI=1S/C29H24N2O9/c32-24(19-13-15-21(16-14-19)40-29(36)20-8-3-1-4-9-20)18-39-25(33)12-5-2-6-17-30-27(34)22-10-7-11-23(31(37)38)26(22)28(30)35/h1,3-4,7-11,13-16H,2,5-6,12,17-18H2. The van der Waals surface area contributed by atoms with Crippen LogP contribution < -0.4 is 4.74 Å². The van der Waals surface area contributed by atoms with Gasteiger partial charge in [0.15, 0.2) is 12.4 Å². The van der Waals surface area contributed by atoms with Gasteiger partial charge in [-0.15, -0.1) is 0 Å². The molecule has 0 aromatic heterocycles. The lowest BCUT2D eigenvalue weighted by molar-refractivity contribution is -0.385. The third-order valence-electron chi connectivity index (χ3n) is 6.20. The number of rotatable bonds is 12. The van der Waals surface area contributed by atoms with E-state index in [2.05, 4.69) is 0 Å². The zero-order valence-electron chi connectivity index (χ0n) is 21.2. The highest BCUT2D eigenvalue weighted by molar-refractivity contribution is 6.23. The molecule has 0 fully saturated rings. The fourth-order valence-corrected chi connectivity index (χ4v) is 4.14. The molecule has 0 saturated carbocycles. The number of carbonyl (C=O) groups excluding carboxylic acids is 5. The molecular weight excluding hydrogens is 520 g/mol. The van der Waals surface area contributed by atoms with E-state index in [0.29, 0.717) is 24.8 Å². The minimum absolute atomic E-state index is 0.00952. The largest absolute Gasteiger partial charge is 0.457 e. The van der Waals surface area contributed by atoms with Crippen molar-refractivity contribution < 1.29 is 38.4 Å². The molecule has 1 heterocycles. The van der Waals surface area contributed by atoms with E-state index in [4.69, 9.17) is 9.47 Å². The number of hydrogen-bond donors (Lipinski definition) is 0. The Morgan fingerprint density at radius 3 is 2.23 bits per heavy atom. The van der Waals surface area contributed by atoms with E-state index in [1.165, 1.54) is 42.5 Å². The van der Waals surface area contributed by atoms with Crippen LogP contribution in [0.25, 0.3) is 0 Å². The molecule has 1 aliphatic rings. The number of Topliss-reactive ketones (excluding diaryl/α,β-unsaturated/α-hetero) is 1. The van der Waals surface area contributed by atoms with Gasteiger partial charge < -0.3 is 9.47 Å². The van der Waals surface area contributed by atoms with E-state index >= 15 is 0 Å². The Hall–Kier alpha value is -5.19. The SMILES string of the molecule is O=C(CCCCCN1C(=O)c2cccc([N+](=O)[O-])c2C1=O)OCC(=O)c1ccc(OC(=O)c2ccccc2)cc1. The number of carbonyl (C=O) groups is 5. The number of esters is 2. The summed E-state index contributed by atoms with van der Waals surface area (Å²) >= 11 is 0. The fraction of sp³-hybridized carbons (Fsp3) is 0.207. The predicted octanol–water partition coefficient (Wildman–Crippen LogP) is 4.40. The molecule has 0 N–H and O–H groups in total. The number of nitro benzene ring substituents is 1. The lowest BCUT2D eigenvalue weighted by Gasteiger charge is -2.13. The topological polar surface area (TPSA) is 150 Å². The maximum Gasteiger partial charge on any atom is 0.343 e. The molecule has 1 aliphatic heterocycles. The molecule has 0 saturated heterocycles. The monoisotopic (exact) mass is 544 g/mol. The van der Waals surface area contributed by atoms with Crippen molar-refractivity contribution in [1.82, 2.24) is 4.90 Å². The van der Waals surface area contributed by atoms with Crippen LogP contribution in [-0.2, 0) is 9.53 Å². The molecule has 40 heavy (non-hydrogen) atoms. The van der Waals surface area contributed by atoms with E-state index in [1.54, 1.807) is 30.3 Å². The van der Waals surface area contributed by atoms with Gasteiger partial charge in [-0.3, -0.25) is 34.2 Å². The second-order valence-electron chi connectivity index (χ2n) is 8.89. The first-order valence-corrected chi connectivity index (χ1v) is 12.5. The Morgan fingerprint density at radius 1 is 0.800 bits per heavy atom. The summed E-state index contributed by atoms with van der Waals surface area (Å²) in [5.74, 6) is -2.54. The number of nitro groups is 1. The van der Waals surface area contributed by atoms with Crippen molar-refractivity contribution in [3.05, 3.63) is 105 Å². The highest BCUT2D eigenvalue weighted by Gasteiger charge is 2.40. The van der Waals surface area contributed by atoms with Crippen LogP contribution in [0.2, 0.25) is 0 Å². The average Bonchev–Trinajstić information content (AvgIpc) is 3.21. The van der Waals surface area contributed by atoms with Crippen LogP contribution in [0.1, 0.15) is 67.1 Å². The lowest BCUT2D eigenvalue weighted by atomic mass is 10.1. The smallest absolute Gasteiger partial charge is 0.343 e. The summed E-state index contributed by atoms with van der Waals surface area (Å²) in [6.07, 6.45) is 1.32. The molecule has 0 bridgehead atoms. The summed E-state index contributed by atoms with van der Waals surface area (Å²) in [7, 11) is 0. The van der Waals surface area contributed by atoms with Crippen LogP contribution in [0.4, 0.5) is 5.69 Å². The molecule has 3 aromatic rings. The number of imide groups is 1. The highest BCUT2D eigenvalue weighted by atomic mass is 16.6. The number of unbranched alkanes of at least 4 members (excludes halogenated alkanes) is 2. The molecule has 0 aliphatic carbocycles. The van der Waals surface area contributed by atoms with Gasteiger partial charge in [0.1, 0.15) is 11.3 Å². The molecule has 0 radical (unpaired) electrons. The molecule has 0 unspecified atom stereocenters. The Balaban J connectivity index is 1.15. The Labute approximate surface area is 228 Å². The molecular formula is C29H24N2O9. The summed E-state index contributed by atoms with van der Waals surface area (Å²) in [4.78, 5) is 73.1. The Morgan fingerprint density at radius 2 is 1.52 bits per heavy atom. The predicted molar refractivity (Wildman–Crippen MR) is 140 cm³/mol. The number of benzene rings is 3. The van der Waals surface area contributed by atoms with Gasteiger partial charge in [0.2, 0.25) is 0 Å². The van der Waals surface area contributed by atoms with Crippen LogP contribution in [0.3, 0.4) is 0 Å². The van der Waals surface area contributed by atoms with Gasteiger partial charge in [-0.2, -0.15) is 0 Å². The Kier molecular flexibility index (Phi) is 8.75. The molecule has 11 nitrogen and oxygen atoms in total. The number of amides is 2. The highest BCUT2D eigenvalue weighted by Crippen LogP contribution is 2.30. The second kappa shape index (κ2) is 12.6. The van der Waals surface area contributed by atoms with Gasteiger partial charge in [-0.05, 0) is 55.3 Å². The van der Waals surface area contributed by atoms with Crippen LogP contribution in [0.5, 0.6) is 5.75 Å². The van der Waals surface area contributed by atoms with Crippen molar-refractivity contribution in [2.24, 2.45) is 0 Å². The first-order chi connectivity index (χ1) is 19.3. The second-order valence-corrected chi connectivity index (χ2v) is 8.89. The van der Waals surface area contributed by atoms with Crippen LogP contribution in [0.15, 0.2) is 72.8 Å². The number of ketones is 1. The minimum atomic E-state index is -0.701. The number of ether oxygens (including phenoxy) is 2. The molecule has 3 aromatic carbocycles. The van der Waals surface area contributed by atoms with Gasteiger partial charge in [0.25, 0.3) is 17.5 Å². The van der Waals surface area contributed by atoms with E-state index in [-0.39, 0.29) is 35.4 Å². The van der Waals surface area contributed by atoms with Crippen molar-refractivity contribution in [3.63, 3.8) is 0 Å². The van der Waals surface area contributed by atoms with Gasteiger partial charge in [-0.25, -0.2) is 4.79 Å². The molecule has 2 amide bonds. The zero-order chi connectivity index (χ0) is 28.6. The zero-order valence-corrected chi connectivity index (χ0v) is 21.2. The third-order valence-corrected chi connectivity index (χ3v) is 6.20. The van der Waals surface area contributed by atoms with Crippen molar-refractivity contribution in [2.75, 3.05) is 13.2 Å². The van der Waals surface area contributed by atoms with Gasteiger partial charge >= 0.3 is 11.9 Å². The number of hydrogen-bond acceptors (Lipinski definition) is 9. The first kappa shape index (κ1) is 27.8. The van der Waals surface area contributed by atoms with Crippen LogP contribution in [-0.4, -0.2) is 52.5 Å². The lowest BCUT2D eigenvalue weighted by Crippen LogP contribution is -2.30. The van der Waals surface area contributed by atoms with Crippen molar-refractivity contribution in [2.45, 2.75) is 25.7 Å². The first-order valence-electron chi connectivity index (χ1n) is 12.5. The average molecular weight is 545 g/mol. The summed E-state index contributed by atoms with van der Waals surface area (Å²) in [6, 6.07) is 18.3. The quantitative estimate of drug-likeness (QED) is 0.0615. The summed E-state index contributed by atoms with van der Waals surface area (Å²) in [5, 5.41) is 11.2. The van der Waals surface area contributed by atoms with Gasteiger partial charge in [0.05, 0.1) is 16.1 Å². The molecule has 0 atom stereocenters. The van der Waals surface area contributed by atoms with Crippen molar-refractivity contribution in [1.29, 1.82) is 0 Å². The Bertz CT molecular complexity index is 1470. The van der Waals surface area contributed by atoms with Gasteiger partial charge in [0, 0.05) is 24.6 Å². The molecule has 204 valence electrons. The normalized spacial score (nSPS) is 12.2. The number of nitrogens with zero attached hydrogens (tertiary/aromatic N) is 2. The third kappa shape index (κ3) is 6.44. The maximum atomic E-state index is 12.6. The van der Waals surface area contributed by atoms with Crippen molar-refractivity contribution >= 4 is 35.2 Å². The van der Waals surface area contributed by atoms with Crippen LogP contribution in [0, 0.1) is 10.1 Å². The minimum Gasteiger partial charge on any atom is -0.457 e. The molecule has 11 heteroatoms. The van der Waals surface area contributed by atoms with Crippen LogP contribution >= 0.6 is 0 Å². The van der Waals surface area contributed by atoms with Gasteiger partial charge in [-0.1, -0.05) is 30.7 Å². The maximum absolute atomic E-state index is 12.6. The van der Waals surface area contributed by atoms with E-state index < -0.39 is 46.8 Å². The fourth-order valence-electron chi connectivity index (χ4n) is 4.14. The summed E-state index contributed by atoms with van der Waals surface area (Å²) in [5.41, 5.74) is 0.0832. The van der Waals surface area contributed by atoms with Crippen molar-refractivity contribution in [3.8, 4) is 5.75 Å². The summed E-state index contributed by atoms with van der Waals surface area (Å²) < 4.78 is 10.3. The summed E-state index contributed by atoms with van der Waals surface area (Å²) in [6.45, 7) is -0.385.